The summed E-state index contributed by atoms with van der Waals surface area (Å²) in [5.74, 6) is 1.12. The van der Waals surface area contributed by atoms with Crippen LogP contribution in [0.1, 0.15) is 39.0 Å². The Hall–Kier alpha value is -1.34. The molecule has 0 aromatic heterocycles. The number of carbonyl (C=O) groups excluding carboxylic acids is 1. The van der Waals surface area contributed by atoms with Gasteiger partial charge in [-0.1, -0.05) is 0 Å². The highest BCUT2D eigenvalue weighted by Crippen LogP contribution is 2.48. The molecule has 1 aliphatic carbocycles. The first-order valence-corrected chi connectivity index (χ1v) is 10.1. The van der Waals surface area contributed by atoms with Gasteiger partial charge in [0.2, 0.25) is 0 Å². The average Bonchev–Trinajstić information content (AvgIpc) is 3.22. The van der Waals surface area contributed by atoms with Crippen LogP contribution in [0, 0.1) is 5.41 Å². The summed E-state index contributed by atoms with van der Waals surface area (Å²) >= 11 is 0. The van der Waals surface area contributed by atoms with E-state index >= 15 is 0 Å². The molecule has 1 amide bonds. The van der Waals surface area contributed by atoms with Gasteiger partial charge in [-0.2, -0.15) is 0 Å². The van der Waals surface area contributed by atoms with Crippen LogP contribution in [0.4, 0.5) is 0 Å². The smallest absolute Gasteiger partial charge is 0.251 e. The van der Waals surface area contributed by atoms with Crippen molar-refractivity contribution in [2.24, 2.45) is 10.4 Å². The van der Waals surface area contributed by atoms with E-state index in [0.29, 0.717) is 5.41 Å². The van der Waals surface area contributed by atoms with Crippen molar-refractivity contribution in [1.29, 1.82) is 0 Å². The molecule has 3 aliphatic rings. The van der Waals surface area contributed by atoms with E-state index in [1.807, 2.05) is 18.9 Å². The molecule has 2 heterocycles. The van der Waals surface area contributed by atoms with Crippen molar-refractivity contribution in [3.8, 4) is 0 Å². The minimum Gasteiger partial charge on any atom is -0.382 e. The lowest BCUT2D eigenvalue weighted by atomic mass is 10.0. The Morgan fingerprint density at radius 3 is 2.58 bits per heavy atom. The van der Waals surface area contributed by atoms with Crippen LogP contribution < -0.4 is 5.32 Å². The third-order valence-corrected chi connectivity index (χ3v) is 5.87. The van der Waals surface area contributed by atoms with E-state index in [2.05, 4.69) is 15.2 Å². The van der Waals surface area contributed by atoms with Crippen LogP contribution in [0.2, 0.25) is 0 Å². The number of carbonyl (C=O) groups is 1. The Balaban J connectivity index is 1.41. The molecule has 2 aliphatic heterocycles. The number of nitrogens with one attached hydrogen (secondary N) is 1. The number of ether oxygens (including phenoxy) is 2. The largest absolute Gasteiger partial charge is 0.382 e. The van der Waals surface area contributed by atoms with E-state index in [-0.39, 0.29) is 12.0 Å². The fourth-order valence-corrected chi connectivity index (χ4v) is 3.84. The molecule has 0 aromatic rings. The fourth-order valence-electron chi connectivity index (χ4n) is 3.84. The number of aliphatic imine (C=N–C) groups is 1. The Morgan fingerprint density at radius 1 is 1.27 bits per heavy atom. The van der Waals surface area contributed by atoms with Crippen LogP contribution in [0.3, 0.4) is 0 Å². The third-order valence-electron chi connectivity index (χ3n) is 5.87. The molecule has 1 atom stereocenters. The second kappa shape index (κ2) is 9.04. The van der Waals surface area contributed by atoms with Crippen molar-refractivity contribution in [2.75, 3.05) is 59.6 Å². The maximum Gasteiger partial charge on any atom is 0.251 e. The number of hydrogen-bond acceptors (Lipinski definition) is 4. The van der Waals surface area contributed by atoms with Crippen molar-refractivity contribution >= 4 is 11.9 Å². The van der Waals surface area contributed by atoms with Gasteiger partial charge in [0, 0.05) is 59.6 Å². The molecule has 0 spiro atoms. The molecule has 1 unspecified atom stereocenters. The van der Waals surface area contributed by atoms with Crippen LogP contribution >= 0.6 is 0 Å². The van der Waals surface area contributed by atoms with Gasteiger partial charge in [-0.25, -0.2) is 0 Å². The van der Waals surface area contributed by atoms with E-state index in [0.717, 1.165) is 77.8 Å². The predicted octanol–water partition coefficient (Wildman–Crippen LogP) is 1.09. The normalized spacial score (nSPS) is 25.5. The zero-order valence-electron chi connectivity index (χ0n) is 16.3. The maximum atomic E-state index is 12.5. The average molecular weight is 367 g/mol. The van der Waals surface area contributed by atoms with Gasteiger partial charge in [0.05, 0.1) is 0 Å². The van der Waals surface area contributed by atoms with Gasteiger partial charge in [-0.05, 0) is 44.4 Å². The highest BCUT2D eigenvalue weighted by atomic mass is 16.5. The molecule has 1 saturated carbocycles. The molecule has 0 bridgehead atoms. The van der Waals surface area contributed by atoms with Gasteiger partial charge < -0.3 is 24.6 Å². The number of hydrogen-bond donors (Lipinski definition) is 1. The Morgan fingerprint density at radius 2 is 2.00 bits per heavy atom. The molecule has 3 rings (SSSR count). The molecule has 7 nitrogen and oxygen atoms in total. The number of guanidine groups is 1. The Bertz CT molecular complexity index is 493. The van der Waals surface area contributed by atoms with Crippen LogP contribution in [-0.4, -0.2) is 87.4 Å². The van der Waals surface area contributed by atoms with Crippen molar-refractivity contribution < 1.29 is 14.3 Å². The molecular formula is C19H34N4O3. The molecular weight excluding hydrogens is 332 g/mol. The topological polar surface area (TPSA) is 66.4 Å². The van der Waals surface area contributed by atoms with Crippen LogP contribution in [0.15, 0.2) is 4.99 Å². The third kappa shape index (κ3) is 4.88. The van der Waals surface area contributed by atoms with Crippen LogP contribution in [-0.2, 0) is 14.3 Å². The summed E-state index contributed by atoms with van der Waals surface area (Å²) in [6.45, 7) is 8.50. The molecule has 0 radical (unpaired) electrons. The molecule has 2 saturated heterocycles. The quantitative estimate of drug-likeness (QED) is 0.415. The molecule has 7 heteroatoms. The summed E-state index contributed by atoms with van der Waals surface area (Å²) in [4.78, 5) is 21.1. The SMILES string of the molecule is CCOCCC1(CNC(=NC)N2CCN(C(=O)C3CCCO3)CC2)CC1. The molecule has 26 heavy (non-hydrogen) atoms. The van der Waals surface area contributed by atoms with Crippen LogP contribution in [0.25, 0.3) is 0 Å². The lowest BCUT2D eigenvalue weighted by Crippen LogP contribution is -2.55. The van der Waals surface area contributed by atoms with Gasteiger partial charge in [-0.3, -0.25) is 9.79 Å². The Labute approximate surface area is 157 Å². The fraction of sp³-hybridized carbons (Fsp3) is 0.895. The number of piperazine rings is 1. The highest BCUT2D eigenvalue weighted by molar-refractivity contribution is 5.82. The van der Waals surface area contributed by atoms with Gasteiger partial charge in [0.25, 0.3) is 5.91 Å². The van der Waals surface area contributed by atoms with Gasteiger partial charge in [0.15, 0.2) is 5.96 Å². The summed E-state index contributed by atoms with van der Waals surface area (Å²) < 4.78 is 11.1. The minimum absolute atomic E-state index is 0.165. The standard InChI is InChI=1S/C19H34N4O3/c1-3-25-14-8-19(6-7-19)15-21-18(20-2)23-11-9-22(10-12-23)17(24)16-5-4-13-26-16/h16H,3-15H2,1-2H3,(H,20,21). The summed E-state index contributed by atoms with van der Waals surface area (Å²) in [6, 6.07) is 0. The number of amides is 1. The van der Waals surface area contributed by atoms with Crippen molar-refractivity contribution in [1.82, 2.24) is 15.1 Å². The zero-order valence-corrected chi connectivity index (χ0v) is 16.3. The second-order valence-corrected chi connectivity index (χ2v) is 7.66. The molecule has 0 aromatic carbocycles. The monoisotopic (exact) mass is 366 g/mol. The lowest BCUT2D eigenvalue weighted by molar-refractivity contribution is -0.142. The van der Waals surface area contributed by atoms with E-state index in [9.17, 15) is 4.79 Å². The van der Waals surface area contributed by atoms with Crippen LogP contribution in [0.5, 0.6) is 0 Å². The lowest BCUT2D eigenvalue weighted by Gasteiger charge is -2.37. The zero-order chi connectivity index (χ0) is 18.4. The minimum atomic E-state index is -0.209. The number of nitrogens with zero attached hydrogens (tertiary/aromatic N) is 3. The highest BCUT2D eigenvalue weighted by Gasteiger charge is 2.42. The van der Waals surface area contributed by atoms with E-state index in [4.69, 9.17) is 9.47 Å². The van der Waals surface area contributed by atoms with Crippen molar-refractivity contribution in [3.05, 3.63) is 0 Å². The van der Waals surface area contributed by atoms with Crippen molar-refractivity contribution in [2.45, 2.75) is 45.1 Å². The van der Waals surface area contributed by atoms with E-state index in [1.54, 1.807) is 0 Å². The first-order chi connectivity index (χ1) is 12.7. The number of rotatable bonds is 7. The van der Waals surface area contributed by atoms with Crippen molar-refractivity contribution in [3.63, 3.8) is 0 Å². The summed E-state index contributed by atoms with van der Waals surface area (Å²) in [7, 11) is 1.84. The first-order valence-electron chi connectivity index (χ1n) is 10.1. The van der Waals surface area contributed by atoms with E-state index in [1.165, 1.54) is 12.8 Å². The first kappa shape index (κ1) is 19.4. The van der Waals surface area contributed by atoms with Gasteiger partial charge >= 0.3 is 0 Å². The van der Waals surface area contributed by atoms with E-state index < -0.39 is 0 Å². The summed E-state index contributed by atoms with van der Waals surface area (Å²) in [5, 5.41) is 3.56. The summed E-state index contributed by atoms with van der Waals surface area (Å²) in [5.41, 5.74) is 0.392. The second-order valence-electron chi connectivity index (χ2n) is 7.66. The molecule has 1 N–H and O–H groups in total. The van der Waals surface area contributed by atoms with Gasteiger partial charge in [0.1, 0.15) is 6.10 Å². The van der Waals surface area contributed by atoms with Gasteiger partial charge in [-0.15, -0.1) is 0 Å². The summed E-state index contributed by atoms with van der Waals surface area (Å²) in [6.07, 6.45) is 5.32. The molecule has 3 fully saturated rings. The maximum absolute atomic E-state index is 12.5. The molecule has 148 valence electrons. The predicted molar refractivity (Wildman–Crippen MR) is 101 cm³/mol. The Kier molecular flexibility index (Phi) is 6.75.